The van der Waals surface area contributed by atoms with Gasteiger partial charge in [0.2, 0.25) is 5.56 Å². The van der Waals surface area contributed by atoms with Crippen LogP contribution in [-0.4, -0.2) is 22.2 Å². The fourth-order valence-electron chi connectivity index (χ4n) is 3.19. The minimum absolute atomic E-state index is 0.155. The Hall–Kier alpha value is -1.78. The molecule has 1 aromatic carbocycles. The van der Waals surface area contributed by atoms with Crippen molar-refractivity contribution in [3.8, 4) is 0 Å². The van der Waals surface area contributed by atoms with Gasteiger partial charge in [-0.25, -0.2) is 0 Å². The van der Waals surface area contributed by atoms with Crippen molar-refractivity contribution in [2.45, 2.75) is 37.7 Å². The third-order valence-electron chi connectivity index (χ3n) is 4.42. The first-order valence-corrected chi connectivity index (χ1v) is 8.38. The molecular formula is C18H21ClN2O2. The van der Waals surface area contributed by atoms with Gasteiger partial charge in [-0.1, -0.05) is 36.9 Å². The molecule has 122 valence electrons. The molecule has 0 spiro atoms. The second kappa shape index (κ2) is 6.77. The number of rotatable bonds is 4. The number of aromatic amines is 1. The summed E-state index contributed by atoms with van der Waals surface area (Å²) in [6, 6.07) is 12.5. The SMILES string of the molecule is O=c1cccc(N(CC2(O)CCCCC2)c2ccc(Cl)cc2)[nH]1. The van der Waals surface area contributed by atoms with E-state index in [1.807, 2.05) is 35.2 Å². The topological polar surface area (TPSA) is 56.3 Å². The Morgan fingerprint density at radius 2 is 1.78 bits per heavy atom. The highest BCUT2D eigenvalue weighted by molar-refractivity contribution is 6.30. The van der Waals surface area contributed by atoms with Crippen LogP contribution < -0.4 is 10.5 Å². The summed E-state index contributed by atoms with van der Waals surface area (Å²) in [5, 5.41) is 11.6. The van der Waals surface area contributed by atoms with Gasteiger partial charge in [-0.05, 0) is 43.2 Å². The van der Waals surface area contributed by atoms with Gasteiger partial charge in [-0.15, -0.1) is 0 Å². The summed E-state index contributed by atoms with van der Waals surface area (Å²) in [5.41, 5.74) is 0.0114. The average molecular weight is 333 g/mol. The highest BCUT2D eigenvalue weighted by Gasteiger charge is 2.32. The smallest absolute Gasteiger partial charge is 0.249 e. The van der Waals surface area contributed by atoms with E-state index in [2.05, 4.69) is 4.98 Å². The van der Waals surface area contributed by atoms with E-state index in [1.54, 1.807) is 6.07 Å². The van der Waals surface area contributed by atoms with Gasteiger partial charge < -0.3 is 15.0 Å². The molecule has 1 aliphatic rings. The van der Waals surface area contributed by atoms with E-state index in [1.165, 1.54) is 12.5 Å². The summed E-state index contributed by atoms with van der Waals surface area (Å²) < 4.78 is 0. The standard InChI is InChI=1S/C18H21ClN2O2/c19-14-7-9-15(10-8-14)21(16-5-4-6-17(22)20-16)13-18(23)11-2-1-3-12-18/h4-10,23H,1-3,11-13H2,(H,20,22). The van der Waals surface area contributed by atoms with Gasteiger partial charge >= 0.3 is 0 Å². The third kappa shape index (κ3) is 3.95. The van der Waals surface area contributed by atoms with Crippen molar-refractivity contribution in [3.05, 3.63) is 57.8 Å². The van der Waals surface area contributed by atoms with Crippen LogP contribution in [0.15, 0.2) is 47.3 Å². The Morgan fingerprint density at radius 3 is 2.43 bits per heavy atom. The van der Waals surface area contributed by atoms with E-state index in [4.69, 9.17) is 11.6 Å². The van der Waals surface area contributed by atoms with E-state index < -0.39 is 5.60 Å². The van der Waals surface area contributed by atoms with E-state index in [-0.39, 0.29) is 5.56 Å². The Labute approximate surface area is 140 Å². The number of benzene rings is 1. The molecule has 0 unspecified atom stereocenters. The molecule has 4 nitrogen and oxygen atoms in total. The first-order chi connectivity index (χ1) is 11.1. The number of anilines is 2. The van der Waals surface area contributed by atoms with Crippen molar-refractivity contribution in [3.63, 3.8) is 0 Å². The largest absolute Gasteiger partial charge is 0.388 e. The molecule has 0 saturated heterocycles. The van der Waals surface area contributed by atoms with Gasteiger partial charge in [0, 0.05) is 16.8 Å². The number of nitrogens with one attached hydrogen (secondary N) is 1. The fourth-order valence-corrected chi connectivity index (χ4v) is 3.32. The van der Waals surface area contributed by atoms with Crippen molar-refractivity contribution < 1.29 is 5.11 Å². The zero-order valence-corrected chi connectivity index (χ0v) is 13.7. The third-order valence-corrected chi connectivity index (χ3v) is 4.67. The zero-order chi connectivity index (χ0) is 16.3. The summed E-state index contributed by atoms with van der Waals surface area (Å²) in [6.07, 6.45) is 4.82. The summed E-state index contributed by atoms with van der Waals surface area (Å²) in [5.74, 6) is 0.679. The van der Waals surface area contributed by atoms with Crippen LogP contribution in [0, 0.1) is 0 Å². The van der Waals surface area contributed by atoms with Crippen molar-refractivity contribution >= 4 is 23.1 Å². The monoisotopic (exact) mass is 332 g/mol. The van der Waals surface area contributed by atoms with E-state index in [0.29, 0.717) is 17.4 Å². The van der Waals surface area contributed by atoms with Crippen LogP contribution >= 0.6 is 11.6 Å². The molecule has 2 N–H and O–H groups in total. The Bertz CT molecular complexity index is 705. The van der Waals surface area contributed by atoms with Crippen LogP contribution in [0.2, 0.25) is 5.02 Å². The molecule has 0 atom stereocenters. The number of pyridine rings is 1. The van der Waals surface area contributed by atoms with E-state index in [0.717, 1.165) is 31.4 Å². The first kappa shape index (κ1) is 16.1. The zero-order valence-electron chi connectivity index (χ0n) is 13.0. The van der Waals surface area contributed by atoms with Gasteiger partial charge in [0.25, 0.3) is 0 Å². The van der Waals surface area contributed by atoms with Crippen LogP contribution in [-0.2, 0) is 0 Å². The Kier molecular flexibility index (Phi) is 4.74. The minimum atomic E-state index is -0.732. The molecule has 1 aliphatic carbocycles. The second-order valence-corrected chi connectivity index (χ2v) is 6.68. The lowest BCUT2D eigenvalue weighted by atomic mass is 9.84. The van der Waals surface area contributed by atoms with Crippen LogP contribution in [0.1, 0.15) is 32.1 Å². The number of aliphatic hydroxyl groups is 1. The maximum absolute atomic E-state index is 11.7. The van der Waals surface area contributed by atoms with Crippen LogP contribution in [0.3, 0.4) is 0 Å². The average Bonchev–Trinajstić information content (AvgIpc) is 2.54. The van der Waals surface area contributed by atoms with E-state index in [9.17, 15) is 9.90 Å². The summed E-state index contributed by atoms with van der Waals surface area (Å²) in [4.78, 5) is 16.5. The van der Waals surface area contributed by atoms with Gasteiger partial charge in [-0.3, -0.25) is 4.79 Å². The summed E-state index contributed by atoms with van der Waals surface area (Å²) in [6.45, 7) is 0.453. The number of aromatic nitrogens is 1. The second-order valence-electron chi connectivity index (χ2n) is 6.25. The Morgan fingerprint density at radius 1 is 1.09 bits per heavy atom. The number of nitrogens with zero attached hydrogens (tertiary/aromatic N) is 1. The van der Waals surface area contributed by atoms with Crippen LogP contribution in [0.25, 0.3) is 0 Å². The molecule has 5 heteroatoms. The van der Waals surface area contributed by atoms with Gasteiger partial charge in [0.15, 0.2) is 0 Å². The maximum Gasteiger partial charge on any atom is 0.249 e. The lowest BCUT2D eigenvalue weighted by Crippen LogP contribution is -2.43. The first-order valence-electron chi connectivity index (χ1n) is 8.01. The minimum Gasteiger partial charge on any atom is -0.388 e. The van der Waals surface area contributed by atoms with Crippen molar-refractivity contribution in [1.82, 2.24) is 4.98 Å². The molecule has 1 saturated carbocycles. The molecule has 0 bridgehead atoms. The van der Waals surface area contributed by atoms with Gasteiger partial charge in [-0.2, -0.15) is 0 Å². The van der Waals surface area contributed by atoms with Crippen molar-refractivity contribution in [1.29, 1.82) is 0 Å². The van der Waals surface area contributed by atoms with Gasteiger partial charge in [0.05, 0.1) is 12.1 Å². The highest BCUT2D eigenvalue weighted by Crippen LogP contribution is 2.33. The number of hydrogen-bond acceptors (Lipinski definition) is 3. The van der Waals surface area contributed by atoms with E-state index >= 15 is 0 Å². The number of hydrogen-bond donors (Lipinski definition) is 2. The fraction of sp³-hybridized carbons (Fsp3) is 0.389. The quantitative estimate of drug-likeness (QED) is 0.893. The number of halogens is 1. The normalized spacial score (nSPS) is 17.0. The molecule has 1 heterocycles. The molecule has 3 rings (SSSR count). The summed E-state index contributed by atoms with van der Waals surface area (Å²) in [7, 11) is 0. The lowest BCUT2D eigenvalue weighted by Gasteiger charge is -2.37. The molecule has 0 aliphatic heterocycles. The molecule has 2 aromatic rings. The molecular weight excluding hydrogens is 312 g/mol. The van der Waals surface area contributed by atoms with Crippen LogP contribution in [0.4, 0.5) is 11.5 Å². The predicted molar refractivity (Wildman–Crippen MR) is 93.6 cm³/mol. The van der Waals surface area contributed by atoms with Gasteiger partial charge in [0.1, 0.15) is 5.82 Å². The van der Waals surface area contributed by atoms with Crippen molar-refractivity contribution in [2.75, 3.05) is 11.4 Å². The predicted octanol–water partition coefficient (Wildman–Crippen LogP) is 3.86. The molecule has 0 amide bonds. The molecule has 23 heavy (non-hydrogen) atoms. The van der Waals surface area contributed by atoms with Crippen LogP contribution in [0.5, 0.6) is 0 Å². The molecule has 1 aromatic heterocycles. The molecule has 1 fully saturated rings. The number of H-pyrrole nitrogens is 1. The maximum atomic E-state index is 11.7. The Balaban J connectivity index is 1.95. The van der Waals surface area contributed by atoms with Crippen molar-refractivity contribution in [2.24, 2.45) is 0 Å². The highest BCUT2D eigenvalue weighted by atomic mass is 35.5. The lowest BCUT2D eigenvalue weighted by molar-refractivity contribution is 0.0128. The summed E-state index contributed by atoms with van der Waals surface area (Å²) >= 11 is 5.98. The molecule has 0 radical (unpaired) electrons.